The highest BCUT2D eigenvalue weighted by atomic mass is 32.1. The normalized spacial score (nSPS) is 11.5. The van der Waals surface area contributed by atoms with Gasteiger partial charge < -0.3 is 10.4 Å². The van der Waals surface area contributed by atoms with Crippen molar-refractivity contribution in [3.8, 4) is 11.8 Å². The molecule has 1 unspecified atom stereocenters. The van der Waals surface area contributed by atoms with E-state index in [4.69, 9.17) is 5.11 Å². The molecule has 19 heavy (non-hydrogen) atoms. The largest absolute Gasteiger partial charge is 0.395 e. The molecule has 104 valence electrons. The minimum absolute atomic E-state index is 0.0929. The van der Waals surface area contributed by atoms with Gasteiger partial charge in [-0.2, -0.15) is 0 Å². The predicted octanol–water partition coefficient (Wildman–Crippen LogP) is 2.53. The smallest absolute Gasteiger partial charge is 0.220 e. The van der Waals surface area contributed by atoms with Crippen LogP contribution in [0.3, 0.4) is 0 Å². The zero-order chi connectivity index (χ0) is 14.1. The van der Waals surface area contributed by atoms with Gasteiger partial charge in [0.1, 0.15) is 0 Å². The maximum atomic E-state index is 11.6. The highest BCUT2D eigenvalue weighted by Crippen LogP contribution is 2.14. The van der Waals surface area contributed by atoms with E-state index in [1.807, 2.05) is 11.4 Å². The molecule has 0 aliphatic rings. The van der Waals surface area contributed by atoms with Crippen LogP contribution in [0.5, 0.6) is 0 Å². The van der Waals surface area contributed by atoms with Crippen LogP contribution in [-0.4, -0.2) is 17.6 Å². The molecule has 0 bridgehead atoms. The van der Waals surface area contributed by atoms with E-state index in [0.717, 1.165) is 16.9 Å². The third-order valence-electron chi connectivity index (χ3n) is 2.81. The summed E-state index contributed by atoms with van der Waals surface area (Å²) in [5, 5.41) is 13.5. The van der Waals surface area contributed by atoms with Gasteiger partial charge in [0.15, 0.2) is 0 Å². The topological polar surface area (TPSA) is 49.3 Å². The molecule has 2 N–H and O–H groups in total. The summed E-state index contributed by atoms with van der Waals surface area (Å²) < 4.78 is 0. The SMILES string of the molecule is CCC(C)CC(=O)NCc1cc(C#CCCO)cs1. The van der Waals surface area contributed by atoms with Gasteiger partial charge in [-0.15, -0.1) is 11.3 Å². The van der Waals surface area contributed by atoms with Gasteiger partial charge >= 0.3 is 0 Å². The molecule has 1 amide bonds. The Balaban J connectivity index is 2.38. The molecule has 0 radical (unpaired) electrons. The Hall–Kier alpha value is -1.31. The second kappa shape index (κ2) is 8.73. The molecule has 1 aromatic rings. The van der Waals surface area contributed by atoms with Crippen molar-refractivity contribution in [2.45, 2.75) is 39.7 Å². The second-order valence-electron chi connectivity index (χ2n) is 4.57. The minimum atomic E-state index is 0.0929. The van der Waals surface area contributed by atoms with Crippen molar-refractivity contribution in [2.24, 2.45) is 5.92 Å². The van der Waals surface area contributed by atoms with Crippen molar-refractivity contribution in [1.82, 2.24) is 5.32 Å². The van der Waals surface area contributed by atoms with Crippen LogP contribution in [0, 0.1) is 17.8 Å². The van der Waals surface area contributed by atoms with Crippen molar-refractivity contribution < 1.29 is 9.90 Å². The number of nitrogens with one attached hydrogen (secondary N) is 1. The molecule has 0 aromatic carbocycles. The first-order valence-corrected chi connectivity index (χ1v) is 7.47. The molecule has 0 saturated carbocycles. The van der Waals surface area contributed by atoms with Crippen LogP contribution in [0.2, 0.25) is 0 Å². The summed E-state index contributed by atoms with van der Waals surface area (Å²) in [5.41, 5.74) is 0.949. The van der Waals surface area contributed by atoms with E-state index in [0.29, 0.717) is 25.3 Å². The highest BCUT2D eigenvalue weighted by Gasteiger charge is 2.07. The fourth-order valence-corrected chi connectivity index (χ4v) is 2.23. The van der Waals surface area contributed by atoms with Crippen LogP contribution in [0.1, 0.15) is 43.6 Å². The zero-order valence-corrected chi connectivity index (χ0v) is 12.3. The van der Waals surface area contributed by atoms with E-state index in [1.165, 1.54) is 0 Å². The van der Waals surface area contributed by atoms with Gasteiger partial charge in [-0.3, -0.25) is 4.79 Å². The molecule has 0 aliphatic heterocycles. The van der Waals surface area contributed by atoms with E-state index < -0.39 is 0 Å². The number of aliphatic hydroxyl groups is 1. The van der Waals surface area contributed by atoms with E-state index in [1.54, 1.807) is 11.3 Å². The molecular weight excluding hydrogens is 258 g/mol. The number of amides is 1. The molecule has 0 fully saturated rings. The molecule has 1 rings (SSSR count). The fraction of sp³-hybridized carbons (Fsp3) is 0.533. The predicted molar refractivity (Wildman–Crippen MR) is 78.8 cm³/mol. The number of aliphatic hydroxyl groups excluding tert-OH is 1. The lowest BCUT2D eigenvalue weighted by Crippen LogP contribution is -2.23. The van der Waals surface area contributed by atoms with Gasteiger partial charge in [0.25, 0.3) is 0 Å². The van der Waals surface area contributed by atoms with Crippen LogP contribution in [0.15, 0.2) is 11.4 Å². The molecule has 0 spiro atoms. The lowest BCUT2D eigenvalue weighted by atomic mass is 10.1. The Morgan fingerprint density at radius 1 is 1.58 bits per heavy atom. The molecule has 1 heterocycles. The van der Waals surface area contributed by atoms with Crippen LogP contribution >= 0.6 is 11.3 Å². The number of hydrogen-bond acceptors (Lipinski definition) is 3. The van der Waals surface area contributed by atoms with Gasteiger partial charge in [-0.25, -0.2) is 0 Å². The summed E-state index contributed by atoms with van der Waals surface area (Å²) in [6.07, 6.45) is 2.11. The Morgan fingerprint density at radius 3 is 3.05 bits per heavy atom. The highest BCUT2D eigenvalue weighted by molar-refractivity contribution is 7.10. The summed E-state index contributed by atoms with van der Waals surface area (Å²) in [6, 6.07) is 1.98. The molecule has 1 aromatic heterocycles. The summed E-state index contributed by atoms with van der Waals surface area (Å²) in [4.78, 5) is 12.7. The van der Waals surface area contributed by atoms with Crippen LogP contribution < -0.4 is 5.32 Å². The maximum absolute atomic E-state index is 11.6. The van der Waals surface area contributed by atoms with Gasteiger partial charge in [0.2, 0.25) is 5.91 Å². The van der Waals surface area contributed by atoms with Crippen LogP contribution in [-0.2, 0) is 11.3 Å². The van der Waals surface area contributed by atoms with Crippen molar-refractivity contribution >= 4 is 17.2 Å². The summed E-state index contributed by atoms with van der Waals surface area (Å²) in [7, 11) is 0. The lowest BCUT2D eigenvalue weighted by Gasteiger charge is -2.08. The molecule has 3 nitrogen and oxygen atoms in total. The van der Waals surface area contributed by atoms with Gasteiger partial charge in [-0.1, -0.05) is 32.1 Å². The molecule has 0 saturated heterocycles. The molecular formula is C15H21NO2S. The average molecular weight is 279 g/mol. The number of rotatable bonds is 6. The molecule has 1 atom stereocenters. The van der Waals surface area contributed by atoms with Crippen molar-refractivity contribution in [1.29, 1.82) is 0 Å². The standard InChI is InChI=1S/C15H21NO2S/c1-3-12(2)8-15(18)16-10-14-9-13(11-19-14)6-4-5-7-17/h9,11-12,17H,3,5,7-8,10H2,1-2H3,(H,16,18). The fourth-order valence-electron chi connectivity index (χ4n) is 1.48. The average Bonchev–Trinajstić information content (AvgIpc) is 2.84. The van der Waals surface area contributed by atoms with E-state index in [2.05, 4.69) is 31.0 Å². The van der Waals surface area contributed by atoms with E-state index in [-0.39, 0.29) is 12.5 Å². The third kappa shape index (κ3) is 6.42. The number of thiophene rings is 1. The van der Waals surface area contributed by atoms with Gasteiger partial charge in [-0.05, 0) is 12.0 Å². The first kappa shape index (κ1) is 15.7. The summed E-state index contributed by atoms with van der Waals surface area (Å²) >= 11 is 1.59. The summed E-state index contributed by atoms with van der Waals surface area (Å²) in [5.74, 6) is 6.41. The number of carbonyl (C=O) groups excluding carboxylic acids is 1. The summed E-state index contributed by atoms with van der Waals surface area (Å²) in [6.45, 7) is 4.84. The van der Waals surface area contributed by atoms with Crippen molar-refractivity contribution in [3.05, 3.63) is 21.9 Å². The quantitative estimate of drug-likeness (QED) is 0.786. The second-order valence-corrected chi connectivity index (χ2v) is 5.57. The first-order chi connectivity index (χ1) is 9.15. The first-order valence-electron chi connectivity index (χ1n) is 6.59. The zero-order valence-electron chi connectivity index (χ0n) is 11.5. The molecule has 0 aliphatic carbocycles. The van der Waals surface area contributed by atoms with Crippen LogP contribution in [0.4, 0.5) is 0 Å². The Bertz CT molecular complexity index is 456. The molecule has 4 heteroatoms. The van der Waals surface area contributed by atoms with E-state index >= 15 is 0 Å². The third-order valence-corrected chi connectivity index (χ3v) is 3.75. The Morgan fingerprint density at radius 2 is 2.37 bits per heavy atom. The number of hydrogen-bond donors (Lipinski definition) is 2. The number of carbonyl (C=O) groups is 1. The van der Waals surface area contributed by atoms with Crippen molar-refractivity contribution in [3.63, 3.8) is 0 Å². The van der Waals surface area contributed by atoms with E-state index in [9.17, 15) is 4.79 Å². The lowest BCUT2D eigenvalue weighted by molar-refractivity contribution is -0.122. The monoisotopic (exact) mass is 279 g/mol. The Labute approximate surface area is 119 Å². The van der Waals surface area contributed by atoms with Gasteiger partial charge in [0, 0.05) is 28.7 Å². The minimum Gasteiger partial charge on any atom is -0.395 e. The maximum Gasteiger partial charge on any atom is 0.220 e. The van der Waals surface area contributed by atoms with Gasteiger partial charge in [0.05, 0.1) is 13.2 Å². The van der Waals surface area contributed by atoms with Crippen LogP contribution in [0.25, 0.3) is 0 Å². The van der Waals surface area contributed by atoms with Crippen molar-refractivity contribution in [2.75, 3.05) is 6.61 Å². The Kier molecular flexibility index (Phi) is 7.24.